The fourth-order valence-electron chi connectivity index (χ4n) is 3.64. The molecule has 0 radical (unpaired) electrons. The lowest BCUT2D eigenvalue weighted by Crippen LogP contribution is -2.07. The molecule has 5 rings (SSSR count). The standard InChI is InChI=1S/C28H19ClN2/c29-23-17-15-21(16-18-23)27-25(19-20-9-3-1-4-10-20)24-13-7-8-14-26(24)30-28(31-27)22-11-5-2-6-12-22/h1-19H. The summed E-state index contributed by atoms with van der Waals surface area (Å²) in [7, 11) is 0. The van der Waals surface area contributed by atoms with Crippen LogP contribution in [-0.2, 0) is 0 Å². The first kappa shape index (κ1) is 19.2. The first-order valence-corrected chi connectivity index (χ1v) is 10.5. The summed E-state index contributed by atoms with van der Waals surface area (Å²) in [5.74, 6) is 0.689. The number of rotatable bonds is 3. The monoisotopic (exact) mass is 418 g/mol. The van der Waals surface area contributed by atoms with Gasteiger partial charge in [0.1, 0.15) is 0 Å². The largest absolute Gasteiger partial charge is 0.228 e. The summed E-state index contributed by atoms with van der Waals surface area (Å²) in [5, 5.41) is 0.698. The van der Waals surface area contributed by atoms with Crippen LogP contribution in [0.5, 0.6) is 0 Å². The molecule has 1 aliphatic rings. The van der Waals surface area contributed by atoms with Crippen molar-refractivity contribution in [3.63, 3.8) is 0 Å². The van der Waals surface area contributed by atoms with Crippen molar-refractivity contribution in [1.82, 2.24) is 0 Å². The zero-order valence-corrected chi connectivity index (χ0v) is 17.5. The zero-order valence-electron chi connectivity index (χ0n) is 16.7. The highest BCUT2D eigenvalue weighted by Crippen LogP contribution is 2.34. The van der Waals surface area contributed by atoms with Gasteiger partial charge in [0.25, 0.3) is 0 Å². The van der Waals surface area contributed by atoms with Gasteiger partial charge in [-0.05, 0) is 29.8 Å². The van der Waals surface area contributed by atoms with Gasteiger partial charge in [0, 0.05) is 27.3 Å². The van der Waals surface area contributed by atoms with E-state index in [2.05, 4.69) is 24.3 Å². The second kappa shape index (κ2) is 8.55. The van der Waals surface area contributed by atoms with Crippen LogP contribution in [0.25, 0.3) is 11.6 Å². The average molecular weight is 419 g/mol. The molecule has 31 heavy (non-hydrogen) atoms. The van der Waals surface area contributed by atoms with Crippen molar-refractivity contribution in [3.05, 3.63) is 136 Å². The average Bonchev–Trinajstić information content (AvgIpc) is 2.98. The lowest BCUT2D eigenvalue weighted by Gasteiger charge is -2.12. The van der Waals surface area contributed by atoms with Crippen LogP contribution in [0, 0.1) is 0 Å². The molecule has 0 saturated carbocycles. The first-order valence-electron chi connectivity index (χ1n) is 10.1. The minimum atomic E-state index is 0.689. The highest BCUT2D eigenvalue weighted by atomic mass is 35.5. The predicted molar refractivity (Wildman–Crippen MR) is 131 cm³/mol. The van der Waals surface area contributed by atoms with E-state index in [1.807, 2.05) is 91.0 Å². The van der Waals surface area contributed by atoms with Crippen molar-refractivity contribution in [1.29, 1.82) is 0 Å². The Kier molecular flexibility index (Phi) is 5.30. The van der Waals surface area contributed by atoms with E-state index >= 15 is 0 Å². The quantitative estimate of drug-likeness (QED) is 0.330. The maximum Gasteiger partial charge on any atom is 0.160 e. The van der Waals surface area contributed by atoms with Gasteiger partial charge in [0.05, 0.1) is 11.4 Å². The second-order valence-electron chi connectivity index (χ2n) is 7.25. The molecule has 0 aromatic heterocycles. The van der Waals surface area contributed by atoms with Gasteiger partial charge >= 0.3 is 0 Å². The third-order valence-electron chi connectivity index (χ3n) is 5.15. The molecule has 0 fully saturated rings. The normalized spacial score (nSPS) is 14.4. The number of nitrogens with zero attached hydrogens (tertiary/aromatic N) is 2. The van der Waals surface area contributed by atoms with Crippen LogP contribution in [0.1, 0.15) is 22.3 Å². The highest BCUT2D eigenvalue weighted by molar-refractivity contribution is 6.39. The third kappa shape index (κ3) is 4.11. The fourth-order valence-corrected chi connectivity index (χ4v) is 3.76. The molecule has 0 aliphatic carbocycles. The lowest BCUT2D eigenvalue weighted by atomic mass is 9.93. The molecular formula is C28H19ClN2. The maximum absolute atomic E-state index is 6.18. The van der Waals surface area contributed by atoms with E-state index in [0.717, 1.165) is 39.2 Å². The van der Waals surface area contributed by atoms with Crippen LogP contribution in [0.15, 0.2) is 119 Å². The number of fused-ring (bicyclic) bond motifs is 1. The molecule has 148 valence electrons. The molecule has 1 aliphatic heterocycles. The zero-order chi connectivity index (χ0) is 21.0. The number of aliphatic imine (C=N–C) groups is 2. The van der Waals surface area contributed by atoms with E-state index in [4.69, 9.17) is 21.6 Å². The van der Waals surface area contributed by atoms with Gasteiger partial charge in [-0.3, -0.25) is 0 Å². The topological polar surface area (TPSA) is 24.7 Å². The summed E-state index contributed by atoms with van der Waals surface area (Å²) in [4.78, 5) is 10.1. The van der Waals surface area contributed by atoms with Gasteiger partial charge in [-0.25, -0.2) is 9.98 Å². The van der Waals surface area contributed by atoms with E-state index in [9.17, 15) is 0 Å². The van der Waals surface area contributed by atoms with Crippen LogP contribution < -0.4 is 0 Å². The van der Waals surface area contributed by atoms with Crippen LogP contribution in [0.3, 0.4) is 0 Å². The minimum Gasteiger partial charge on any atom is -0.228 e. The van der Waals surface area contributed by atoms with Crippen molar-refractivity contribution in [2.24, 2.45) is 9.98 Å². The Balaban J connectivity index is 1.79. The Labute approximate surface area is 186 Å². The number of hydrogen-bond acceptors (Lipinski definition) is 2. The van der Waals surface area contributed by atoms with E-state index in [-0.39, 0.29) is 0 Å². The Hall–Kier alpha value is -3.75. The molecule has 0 atom stereocenters. The maximum atomic E-state index is 6.18. The number of halogens is 1. The van der Waals surface area contributed by atoms with Gasteiger partial charge < -0.3 is 0 Å². The van der Waals surface area contributed by atoms with Gasteiger partial charge in [0.15, 0.2) is 5.84 Å². The molecule has 0 saturated heterocycles. The van der Waals surface area contributed by atoms with Gasteiger partial charge in [-0.1, -0.05) is 103 Å². The molecular weight excluding hydrogens is 400 g/mol. The number of amidine groups is 1. The van der Waals surface area contributed by atoms with E-state index in [0.29, 0.717) is 10.9 Å². The third-order valence-corrected chi connectivity index (χ3v) is 5.41. The van der Waals surface area contributed by atoms with Crippen LogP contribution in [0.2, 0.25) is 5.02 Å². The molecule has 0 bridgehead atoms. The van der Waals surface area contributed by atoms with Crippen molar-refractivity contribution in [2.75, 3.05) is 0 Å². The Bertz CT molecular complexity index is 1300. The van der Waals surface area contributed by atoms with E-state index in [1.165, 1.54) is 0 Å². The lowest BCUT2D eigenvalue weighted by molar-refractivity contribution is 1.45. The summed E-state index contributed by atoms with van der Waals surface area (Å²) in [6, 6.07) is 36.4. The van der Waals surface area contributed by atoms with Gasteiger partial charge in [0.2, 0.25) is 0 Å². The fraction of sp³-hybridized carbons (Fsp3) is 0. The van der Waals surface area contributed by atoms with Crippen molar-refractivity contribution < 1.29 is 0 Å². The van der Waals surface area contributed by atoms with Crippen molar-refractivity contribution in [2.45, 2.75) is 0 Å². The summed E-state index contributed by atoms with van der Waals surface area (Å²) in [6.07, 6.45) is 2.18. The summed E-state index contributed by atoms with van der Waals surface area (Å²) < 4.78 is 0. The van der Waals surface area contributed by atoms with Gasteiger partial charge in [-0.15, -0.1) is 0 Å². The Morgan fingerprint density at radius 2 is 1.23 bits per heavy atom. The first-order chi connectivity index (χ1) is 15.3. The summed E-state index contributed by atoms with van der Waals surface area (Å²) in [6.45, 7) is 0. The molecule has 0 spiro atoms. The molecule has 4 aromatic carbocycles. The smallest absolute Gasteiger partial charge is 0.160 e. The van der Waals surface area contributed by atoms with E-state index in [1.54, 1.807) is 0 Å². The number of para-hydroxylation sites is 1. The number of hydrogen-bond donors (Lipinski definition) is 0. The minimum absolute atomic E-state index is 0.689. The molecule has 2 nitrogen and oxygen atoms in total. The Morgan fingerprint density at radius 3 is 1.97 bits per heavy atom. The SMILES string of the molecule is Clc1ccc(C2=NC(c3ccccc3)=Nc3ccccc3C2=Cc2ccccc2)cc1. The predicted octanol–water partition coefficient (Wildman–Crippen LogP) is 7.46. The summed E-state index contributed by atoms with van der Waals surface area (Å²) in [5.41, 5.74) is 6.92. The van der Waals surface area contributed by atoms with Gasteiger partial charge in [-0.2, -0.15) is 0 Å². The Morgan fingerprint density at radius 1 is 0.581 bits per heavy atom. The molecule has 0 unspecified atom stereocenters. The van der Waals surface area contributed by atoms with E-state index < -0.39 is 0 Å². The molecule has 0 amide bonds. The molecule has 1 heterocycles. The van der Waals surface area contributed by atoms with Crippen molar-refractivity contribution in [3.8, 4) is 0 Å². The number of allylic oxidation sites excluding steroid dienone is 1. The second-order valence-corrected chi connectivity index (χ2v) is 7.69. The van der Waals surface area contributed by atoms with Crippen molar-refractivity contribution >= 4 is 40.5 Å². The highest BCUT2D eigenvalue weighted by Gasteiger charge is 2.21. The number of benzene rings is 4. The summed E-state index contributed by atoms with van der Waals surface area (Å²) >= 11 is 6.18. The van der Waals surface area contributed by atoms with Crippen LogP contribution >= 0.6 is 11.6 Å². The van der Waals surface area contributed by atoms with Crippen LogP contribution in [-0.4, -0.2) is 11.5 Å². The molecule has 0 N–H and O–H groups in total. The van der Waals surface area contributed by atoms with Crippen LogP contribution in [0.4, 0.5) is 5.69 Å². The molecule has 4 aromatic rings. The molecule has 3 heteroatoms.